The van der Waals surface area contributed by atoms with Crippen LogP contribution < -0.4 is 10.6 Å². The normalized spacial score (nSPS) is 12.1. The SMILES string of the molecule is CC(C)CN(CC(=O)Nc1cc(C(C)(C)C)nn1C(C)(C)C)C(=O)Nc1ccc(F)c(F)c1. The molecular weight excluding hydrogens is 428 g/mol. The van der Waals surface area contributed by atoms with Crippen LogP contribution in [0.1, 0.15) is 61.1 Å². The molecule has 2 rings (SSSR count). The Labute approximate surface area is 194 Å². The second kappa shape index (κ2) is 9.89. The van der Waals surface area contributed by atoms with Crippen LogP contribution in [0.3, 0.4) is 0 Å². The van der Waals surface area contributed by atoms with Gasteiger partial charge in [0.05, 0.1) is 11.2 Å². The first kappa shape index (κ1) is 26.3. The standard InChI is InChI=1S/C24H35F2N5O2/c1-15(2)13-30(22(33)27-16-9-10-17(25)18(26)11-16)14-21(32)28-20-12-19(23(3,4)5)29-31(20)24(6,7)8/h9-12,15H,13-14H2,1-8H3,(H,27,33)(H,28,32). The maximum absolute atomic E-state index is 13.5. The lowest BCUT2D eigenvalue weighted by Gasteiger charge is -2.26. The van der Waals surface area contributed by atoms with Crippen LogP contribution in [0.4, 0.5) is 25.1 Å². The van der Waals surface area contributed by atoms with Crippen molar-refractivity contribution in [1.29, 1.82) is 0 Å². The van der Waals surface area contributed by atoms with Crippen molar-refractivity contribution in [3.63, 3.8) is 0 Å². The first-order valence-electron chi connectivity index (χ1n) is 11.0. The van der Waals surface area contributed by atoms with E-state index in [1.165, 1.54) is 11.0 Å². The lowest BCUT2D eigenvalue weighted by atomic mass is 9.92. The molecule has 0 aliphatic heterocycles. The van der Waals surface area contributed by atoms with Crippen LogP contribution in [-0.2, 0) is 15.7 Å². The van der Waals surface area contributed by atoms with Gasteiger partial charge in [0.2, 0.25) is 5.91 Å². The topological polar surface area (TPSA) is 79.3 Å². The summed E-state index contributed by atoms with van der Waals surface area (Å²) in [5, 5.41) is 10.1. The average molecular weight is 464 g/mol. The second-order valence-electron chi connectivity index (χ2n) is 10.6. The summed E-state index contributed by atoms with van der Waals surface area (Å²) in [6, 6.07) is 4.36. The van der Waals surface area contributed by atoms with Crippen LogP contribution in [-0.4, -0.2) is 39.7 Å². The molecule has 0 saturated heterocycles. The number of benzene rings is 1. The minimum atomic E-state index is -1.06. The summed E-state index contributed by atoms with van der Waals surface area (Å²) in [5.41, 5.74) is 0.370. The molecule has 0 fully saturated rings. The van der Waals surface area contributed by atoms with Crippen molar-refractivity contribution < 1.29 is 18.4 Å². The zero-order chi connectivity index (χ0) is 25.1. The van der Waals surface area contributed by atoms with Gasteiger partial charge in [-0.1, -0.05) is 34.6 Å². The summed E-state index contributed by atoms with van der Waals surface area (Å²) in [4.78, 5) is 27.0. The molecule has 2 aromatic rings. The average Bonchev–Trinajstić information content (AvgIpc) is 3.08. The van der Waals surface area contributed by atoms with Crippen LogP contribution in [0.25, 0.3) is 0 Å². The number of urea groups is 1. The quantitative estimate of drug-likeness (QED) is 0.607. The zero-order valence-corrected chi connectivity index (χ0v) is 20.7. The monoisotopic (exact) mass is 463 g/mol. The number of halogens is 2. The minimum absolute atomic E-state index is 0.0844. The molecule has 3 amide bonds. The molecule has 33 heavy (non-hydrogen) atoms. The first-order chi connectivity index (χ1) is 15.1. The Kier molecular flexibility index (Phi) is 7.87. The Morgan fingerprint density at radius 3 is 2.18 bits per heavy atom. The van der Waals surface area contributed by atoms with E-state index in [-0.39, 0.29) is 35.0 Å². The summed E-state index contributed by atoms with van der Waals surface area (Å²) in [6.45, 7) is 16.0. The van der Waals surface area contributed by atoms with Crippen molar-refractivity contribution in [1.82, 2.24) is 14.7 Å². The first-order valence-corrected chi connectivity index (χ1v) is 11.0. The Hall–Kier alpha value is -2.97. The lowest BCUT2D eigenvalue weighted by molar-refractivity contribution is -0.116. The van der Waals surface area contributed by atoms with Gasteiger partial charge in [-0.15, -0.1) is 0 Å². The summed E-state index contributed by atoms with van der Waals surface area (Å²) in [5.74, 6) is -1.83. The van der Waals surface area contributed by atoms with Gasteiger partial charge in [-0.05, 0) is 38.8 Å². The maximum atomic E-state index is 13.5. The predicted molar refractivity (Wildman–Crippen MR) is 126 cm³/mol. The molecule has 1 heterocycles. The highest BCUT2D eigenvalue weighted by Gasteiger charge is 2.27. The number of carbonyl (C=O) groups is 2. The molecule has 0 bridgehead atoms. The Bertz CT molecular complexity index is 1000. The van der Waals surface area contributed by atoms with Gasteiger partial charge in [0.15, 0.2) is 11.6 Å². The molecule has 2 N–H and O–H groups in total. The highest BCUT2D eigenvalue weighted by molar-refractivity contribution is 5.96. The Morgan fingerprint density at radius 1 is 1.03 bits per heavy atom. The van der Waals surface area contributed by atoms with E-state index in [0.717, 1.165) is 17.8 Å². The molecule has 0 atom stereocenters. The summed E-state index contributed by atoms with van der Waals surface area (Å²) in [7, 11) is 0. The van der Waals surface area contributed by atoms with E-state index in [1.54, 1.807) is 4.68 Å². The highest BCUT2D eigenvalue weighted by atomic mass is 19.2. The Morgan fingerprint density at radius 2 is 1.67 bits per heavy atom. The zero-order valence-electron chi connectivity index (χ0n) is 20.7. The van der Waals surface area contributed by atoms with Gasteiger partial charge in [0.25, 0.3) is 0 Å². The molecule has 182 valence electrons. The smallest absolute Gasteiger partial charge is 0.315 e. The molecule has 0 aliphatic carbocycles. The number of hydrogen-bond acceptors (Lipinski definition) is 3. The van der Waals surface area contributed by atoms with Crippen LogP contribution in [0.2, 0.25) is 0 Å². The van der Waals surface area contributed by atoms with E-state index < -0.39 is 17.7 Å². The molecule has 0 unspecified atom stereocenters. The predicted octanol–water partition coefficient (Wildman–Crippen LogP) is 5.34. The van der Waals surface area contributed by atoms with Crippen molar-refractivity contribution in [3.05, 3.63) is 41.6 Å². The van der Waals surface area contributed by atoms with E-state index in [0.29, 0.717) is 12.4 Å². The van der Waals surface area contributed by atoms with E-state index in [1.807, 2.05) is 61.5 Å². The summed E-state index contributed by atoms with van der Waals surface area (Å²) in [6.07, 6.45) is 0. The van der Waals surface area contributed by atoms with Crippen molar-refractivity contribution in [2.75, 3.05) is 23.7 Å². The maximum Gasteiger partial charge on any atom is 0.322 e. The third kappa shape index (κ3) is 7.27. The fourth-order valence-corrected chi connectivity index (χ4v) is 3.14. The largest absolute Gasteiger partial charge is 0.322 e. The van der Waals surface area contributed by atoms with Gasteiger partial charge >= 0.3 is 6.03 Å². The van der Waals surface area contributed by atoms with Crippen molar-refractivity contribution in [3.8, 4) is 0 Å². The third-order valence-corrected chi connectivity index (χ3v) is 4.76. The van der Waals surface area contributed by atoms with Gasteiger partial charge in [0, 0.05) is 29.8 Å². The van der Waals surface area contributed by atoms with E-state index in [4.69, 9.17) is 0 Å². The fraction of sp³-hybridized carbons (Fsp3) is 0.542. The number of nitrogens with zero attached hydrogens (tertiary/aromatic N) is 3. The molecule has 1 aromatic heterocycles. The number of nitrogens with one attached hydrogen (secondary N) is 2. The number of aromatic nitrogens is 2. The molecule has 9 heteroatoms. The molecule has 1 aromatic carbocycles. The molecule has 7 nitrogen and oxygen atoms in total. The lowest BCUT2D eigenvalue weighted by Crippen LogP contribution is -2.43. The van der Waals surface area contributed by atoms with Gasteiger partial charge in [0.1, 0.15) is 12.4 Å². The van der Waals surface area contributed by atoms with Crippen LogP contribution in [0, 0.1) is 17.6 Å². The fourth-order valence-electron chi connectivity index (χ4n) is 3.14. The van der Waals surface area contributed by atoms with E-state index >= 15 is 0 Å². The number of rotatable bonds is 6. The summed E-state index contributed by atoms with van der Waals surface area (Å²) >= 11 is 0. The molecule has 0 aliphatic rings. The van der Waals surface area contributed by atoms with Crippen LogP contribution in [0.5, 0.6) is 0 Å². The highest BCUT2D eigenvalue weighted by Crippen LogP contribution is 2.28. The van der Waals surface area contributed by atoms with Crippen LogP contribution in [0.15, 0.2) is 24.3 Å². The van der Waals surface area contributed by atoms with E-state index in [2.05, 4.69) is 15.7 Å². The second-order valence-corrected chi connectivity index (χ2v) is 10.6. The number of hydrogen-bond donors (Lipinski definition) is 2. The van der Waals surface area contributed by atoms with Crippen molar-refractivity contribution >= 4 is 23.4 Å². The van der Waals surface area contributed by atoms with Gasteiger partial charge in [-0.2, -0.15) is 5.10 Å². The minimum Gasteiger partial charge on any atom is -0.315 e. The molecule has 0 spiro atoms. The molecule has 0 radical (unpaired) electrons. The number of amides is 3. The van der Waals surface area contributed by atoms with Crippen molar-refractivity contribution in [2.45, 2.75) is 66.3 Å². The molecule has 0 saturated carbocycles. The third-order valence-electron chi connectivity index (χ3n) is 4.76. The van der Waals surface area contributed by atoms with Gasteiger partial charge in [-0.25, -0.2) is 18.3 Å². The summed E-state index contributed by atoms with van der Waals surface area (Å²) < 4.78 is 28.4. The number of carbonyl (C=O) groups excluding carboxylic acids is 2. The molecular formula is C24H35F2N5O2. The van der Waals surface area contributed by atoms with Crippen molar-refractivity contribution in [2.24, 2.45) is 5.92 Å². The Balaban J connectivity index is 2.21. The van der Waals surface area contributed by atoms with Gasteiger partial charge in [-0.3, -0.25) is 4.79 Å². The number of anilines is 2. The van der Waals surface area contributed by atoms with E-state index in [9.17, 15) is 18.4 Å². The van der Waals surface area contributed by atoms with Crippen LogP contribution >= 0.6 is 0 Å². The van der Waals surface area contributed by atoms with Gasteiger partial charge < -0.3 is 15.5 Å².